The molecule has 8 nitrogen and oxygen atoms in total. The van der Waals surface area contributed by atoms with Crippen molar-refractivity contribution in [2.45, 2.75) is 32.1 Å². The van der Waals surface area contributed by atoms with Crippen LogP contribution in [0.4, 0.5) is 16.2 Å². The number of urea groups is 1. The molecule has 0 bridgehead atoms. The van der Waals surface area contributed by atoms with E-state index in [0.717, 1.165) is 19.3 Å². The minimum absolute atomic E-state index is 0. The number of methoxy groups -OCH3 is 1. The van der Waals surface area contributed by atoms with Gasteiger partial charge < -0.3 is 15.8 Å². The Balaban J connectivity index is 0.00000338. The lowest BCUT2D eigenvalue weighted by Crippen LogP contribution is -2.49. The van der Waals surface area contributed by atoms with Gasteiger partial charge in [-0.1, -0.05) is 6.42 Å². The zero-order chi connectivity index (χ0) is 18.2. The Morgan fingerprint density at radius 1 is 1.31 bits per heavy atom. The Kier molecular flexibility index (Phi) is 8.87. The lowest BCUT2D eigenvalue weighted by atomic mass is 10.1. The Labute approximate surface area is 158 Å². The lowest BCUT2D eigenvalue weighted by Gasteiger charge is -2.28. The Morgan fingerprint density at radius 2 is 2.08 bits per heavy atom. The van der Waals surface area contributed by atoms with Crippen molar-refractivity contribution in [3.8, 4) is 5.75 Å². The molecule has 0 spiro atoms. The van der Waals surface area contributed by atoms with Gasteiger partial charge in [-0.3, -0.25) is 19.8 Å². The molecule has 0 aliphatic carbocycles. The summed E-state index contributed by atoms with van der Waals surface area (Å²) in [6.45, 7) is 0.920. The van der Waals surface area contributed by atoms with Crippen LogP contribution in [0, 0.1) is 0 Å². The van der Waals surface area contributed by atoms with Gasteiger partial charge in [0.1, 0.15) is 5.75 Å². The second-order valence-corrected chi connectivity index (χ2v) is 5.79. The summed E-state index contributed by atoms with van der Waals surface area (Å²) in [5.41, 5.74) is 6.57. The molecule has 144 valence electrons. The molecular weight excluding hydrogens is 360 g/mol. The van der Waals surface area contributed by atoms with Crippen molar-refractivity contribution < 1.29 is 19.1 Å². The van der Waals surface area contributed by atoms with Crippen LogP contribution in [-0.4, -0.2) is 38.0 Å². The molecule has 1 aliphatic heterocycles. The van der Waals surface area contributed by atoms with Crippen molar-refractivity contribution in [2.24, 2.45) is 5.73 Å². The molecule has 0 atom stereocenters. The molecule has 2 rings (SSSR count). The number of hydrogen-bond acceptors (Lipinski definition) is 5. The number of halogens is 1. The third kappa shape index (κ3) is 5.89. The second kappa shape index (κ2) is 10.6. The summed E-state index contributed by atoms with van der Waals surface area (Å²) in [5, 5.41) is 5.09. The number of nitrogens with two attached hydrogens (primary N) is 1. The number of rotatable bonds is 8. The van der Waals surface area contributed by atoms with E-state index in [2.05, 4.69) is 10.6 Å². The molecular formula is C17H25ClN4O4. The van der Waals surface area contributed by atoms with E-state index in [1.807, 2.05) is 0 Å². The van der Waals surface area contributed by atoms with Crippen LogP contribution in [0.2, 0.25) is 0 Å². The van der Waals surface area contributed by atoms with Gasteiger partial charge in [0.2, 0.25) is 11.8 Å². The summed E-state index contributed by atoms with van der Waals surface area (Å²) in [6, 6.07) is 4.58. The SMILES string of the molecule is COc1cc(NC(=O)CCCCCN)ccc1N1CCC(=O)NC1=O.Cl. The van der Waals surface area contributed by atoms with Gasteiger partial charge in [0.15, 0.2) is 0 Å². The van der Waals surface area contributed by atoms with Crippen LogP contribution in [0.1, 0.15) is 32.1 Å². The highest BCUT2D eigenvalue weighted by atomic mass is 35.5. The summed E-state index contributed by atoms with van der Waals surface area (Å²) >= 11 is 0. The number of hydrogen-bond donors (Lipinski definition) is 3. The number of nitrogens with one attached hydrogen (secondary N) is 2. The van der Waals surface area contributed by atoms with Crippen molar-refractivity contribution in [3.63, 3.8) is 0 Å². The number of nitrogens with zero attached hydrogens (tertiary/aromatic N) is 1. The average molecular weight is 385 g/mol. The lowest BCUT2D eigenvalue weighted by molar-refractivity contribution is -0.120. The zero-order valence-corrected chi connectivity index (χ0v) is 15.6. The fourth-order valence-electron chi connectivity index (χ4n) is 2.60. The third-order valence-electron chi connectivity index (χ3n) is 3.92. The van der Waals surface area contributed by atoms with Gasteiger partial charge >= 0.3 is 6.03 Å². The molecule has 26 heavy (non-hydrogen) atoms. The summed E-state index contributed by atoms with van der Waals surface area (Å²) < 4.78 is 5.34. The van der Waals surface area contributed by atoms with Gasteiger partial charge in [0.25, 0.3) is 0 Å². The van der Waals surface area contributed by atoms with Gasteiger partial charge in [-0.15, -0.1) is 12.4 Å². The van der Waals surface area contributed by atoms with Crippen LogP contribution >= 0.6 is 12.4 Å². The predicted octanol–water partition coefficient (Wildman–Crippen LogP) is 2.02. The van der Waals surface area contributed by atoms with Crippen molar-refractivity contribution in [1.82, 2.24) is 5.32 Å². The van der Waals surface area contributed by atoms with Crippen molar-refractivity contribution in [2.75, 3.05) is 30.4 Å². The molecule has 1 aromatic rings. The van der Waals surface area contributed by atoms with E-state index >= 15 is 0 Å². The first kappa shape index (κ1) is 21.7. The van der Waals surface area contributed by atoms with E-state index in [9.17, 15) is 14.4 Å². The van der Waals surface area contributed by atoms with Gasteiger partial charge in [-0.05, 0) is 31.5 Å². The number of imide groups is 1. The molecule has 0 unspecified atom stereocenters. The molecule has 4 N–H and O–H groups in total. The highest BCUT2D eigenvalue weighted by Crippen LogP contribution is 2.32. The molecule has 1 heterocycles. The van der Waals surface area contributed by atoms with Gasteiger partial charge in [-0.25, -0.2) is 4.79 Å². The number of benzene rings is 1. The van der Waals surface area contributed by atoms with Crippen LogP contribution in [0.15, 0.2) is 18.2 Å². The maximum absolute atomic E-state index is 12.0. The normalized spacial score (nSPS) is 13.7. The molecule has 4 amide bonds. The van der Waals surface area contributed by atoms with Crippen LogP contribution in [0.5, 0.6) is 5.75 Å². The largest absolute Gasteiger partial charge is 0.494 e. The third-order valence-corrected chi connectivity index (χ3v) is 3.92. The minimum atomic E-state index is -0.480. The average Bonchev–Trinajstić information content (AvgIpc) is 2.59. The molecule has 0 saturated carbocycles. The summed E-state index contributed by atoms with van der Waals surface area (Å²) in [7, 11) is 1.49. The van der Waals surface area contributed by atoms with E-state index in [1.54, 1.807) is 18.2 Å². The maximum atomic E-state index is 12.0. The van der Waals surface area contributed by atoms with Crippen LogP contribution in [-0.2, 0) is 9.59 Å². The molecule has 1 fully saturated rings. The predicted molar refractivity (Wildman–Crippen MR) is 102 cm³/mol. The highest BCUT2D eigenvalue weighted by molar-refractivity contribution is 6.06. The second-order valence-electron chi connectivity index (χ2n) is 5.79. The monoisotopic (exact) mass is 384 g/mol. The molecule has 9 heteroatoms. The number of carbonyl (C=O) groups excluding carboxylic acids is 3. The minimum Gasteiger partial charge on any atom is -0.494 e. The Morgan fingerprint density at radius 3 is 2.73 bits per heavy atom. The van der Waals surface area contributed by atoms with E-state index in [1.165, 1.54) is 12.0 Å². The number of ether oxygens (including phenoxy) is 1. The first-order valence-electron chi connectivity index (χ1n) is 8.34. The van der Waals surface area contributed by atoms with Gasteiger partial charge in [0.05, 0.1) is 12.8 Å². The van der Waals surface area contributed by atoms with Crippen LogP contribution < -0.4 is 26.0 Å². The standard InChI is InChI=1S/C17H24N4O4.ClH/c1-25-14-11-12(19-15(22)5-3-2-4-9-18)6-7-13(14)21-10-8-16(23)20-17(21)24;/h6-7,11H,2-5,8-10,18H2,1H3,(H,19,22)(H,20,23,24);1H. The fraction of sp³-hybridized carbons (Fsp3) is 0.471. The topological polar surface area (TPSA) is 114 Å². The molecule has 1 aliphatic rings. The van der Waals surface area contributed by atoms with Crippen molar-refractivity contribution in [1.29, 1.82) is 0 Å². The summed E-state index contributed by atoms with van der Waals surface area (Å²) in [6.07, 6.45) is 3.29. The number of anilines is 2. The zero-order valence-electron chi connectivity index (χ0n) is 14.7. The quantitative estimate of drug-likeness (QED) is 0.593. The fourth-order valence-corrected chi connectivity index (χ4v) is 2.60. The highest BCUT2D eigenvalue weighted by Gasteiger charge is 2.26. The maximum Gasteiger partial charge on any atom is 0.328 e. The van der Waals surface area contributed by atoms with E-state index in [0.29, 0.717) is 30.1 Å². The number of carbonyl (C=O) groups is 3. The van der Waals surface area contributed by atoms with E-state index in [-0.39, 0.29) is 37.2 Å². The first-order chi connectivity index (χ1) is 12.0. The van der Waals surface area contributed by atoms with Gasteiger partial charge in [-0.2, -0.15) is 0 Å². The number of unbranched alkanes of at least 4 members (excludes halogenated alkanes) is 2. The van der Waals surface area contributed by atoms with E-state index in [4.69, 9.17) is 10.5 Å². The van der Waals surface area contributed by atoms with Gasteiger partial charge in [0, 0.05) is 31.1 Å². The van der Waals surface area contributed by atoms with E-state index < -0.39 is 6.03 Å². The summed E-state index contributed by atoms with van der Waals surface area (Å²) in [5.74, 6) is 0.0808. The number of amides is 4. The molecule has 1 aromatic carbocycles. The van der Waals surface area contributed by atoms with Crippen molar-refractivity contribution in [3.05, 3.63) is 18.2 Å². The Hall–Kier alpha value is -2.32. The smallest absolute Gasteiger partial charge is 0.328 e. The molecule has 1 saturated heterocycles. The molecule has 0 radical (unpaired) electrons. The van der Waals surface area contributed by atoms with Crippen LogP contribution in [0.3, 0.4) is 0 Å². The Bertz CT molecular complexity index is 654. The summed E-state index contributed by atoms with van der Waals surface area (Å²) in [4.78, 5) is 36.6. The van der Waals surface area contributed by atoms with Crippen LogP contribution in [0.25, 0.3) is 0 Å². The first-order valence-corrected chi connectivity index (χ1v) is 8.34. The molecule has 0 aromatic heterocycles. The van der Waals surface area contributed by atoms with Crippen molar-refractivity contribution >= 4 is 41.6 Å².